The number of hydrogen-bond donors (Lipinski definition) is 2. The number of likely N-dealkylation sites (tertiary alicyclic amines) is 1. The first kappa shape index (κ1) is 18.7. The summed E-state index contributed by atoms with van der Waals surface area (Å²) in [5.74, 6) is -2.80. The topological polar surface area (TPSA) is 144 Å². The molecule has 1 saturated heterocycles. The highest BCUT2D eigenvalue weighted by Crippen LogP contribution is 2.31. The van der Waals surface area contributed by atoms with Crippen molar-refractivity contribution < 1.29 is 24.4 Å². The maximum Gasteiger partial charge on any atom is 0.308 e. The van der Waals surface area contributed by atoms with Crippen LogP contribution in [0, 0.1) is 22.0 Å². The molecule has 1 aromatic carbocycles. The molecule has 2 atom stereocenters. The molecular formula is C15H17N3O6S. The van der Waals surface area contributed by atoms with E-state index in [9.17, 15) is 24.5 Å². The Balaban J connectivity index is 2.06. The predicted molar refractivity (Wildman–Crippen MR) is 89.2 cm³/mol. The van der Waals surface area contributed by atoms with E-state index in [0.717, 1.165) is 17.8 Å². The molecule has 0 saturated carbocycles. The third kappa shape index (κ3) is 4.27. The maximum absolute atomic E-state index is 12.3. The molecule has 9 nitrogen and oxygen atoms in total. The molecule has 2 rings (SSSR count). The monoisotopic (exact) mass is 367 g/mol. The molecule has 2 amide bonds. The lowest BCUT2D eigenvalue weighted by atomic mass is 9.99. The zero-order valence-electron chi connectivity index (χ0n) is 13.4. The number of benzene rings is 1. The second-order valence-electron chi connectivity index (χ2n) is 5.81. The van der Waals surface area contributed by atoms with Gasteiger partial charge in [-0.25, -0.2) is 0 Å². The fourth-order valence-electron chi connectivity index (χ4n) is 2.66. The number of primary amides is 1. The van der Waals surface area contributed by atoms with Gasteiger partial charge in [0.25, 0.3) is 5.69 Å². The molecule has 134 valence electrons. The molecule has 0 aromatic heterocycles. The number of carbonyl (C=O) groups is 3. The molecule has 1 aliphatic rings. The smallest absolute Gasteiger partial charge is 0.308 e. The van der Waals surface area contributed by atoms with Crippen molar-refractivity contribution in [2.24, 2.45) is 17.6 Å². The van der Waals surface area contributed by atoms with Crippen LogP contribution in [-0.4, -0.2) is 51.6 Å². The van der Waals surface area contributed by atoms with Crippen LogP contribution < -0.4 is 5.73 Å². The third-order valence-corrected chi connectivity index (χ3v) is 5.12. The first-order chi connectivity index (χ1) is 11.7. The first-order valence-corrected chi connectivity index (χ1v) is 8.41. The van der Waals surface area contributed by atoms with Crippen molar-refractivity contribution in [1.82, 2.24) is 4.90 Å². The van der Waals surface area contributed by atoms with Crippen molar-refractivity contribution in [3.8, 4) is 0 Å². The summed E-state index contributed by atoms with van der Waals surface area (Å²) in [6.45, 7) is 2.25. The summed E-state index contributed by atoms with van der Waals surface area (Å²) in [7, 11) is 0. The van der Waals surface area contributed by atoms with E-state index >= 15 is 0 Å². The molecule has 0 spiro atoms. The van der Waals surface area contributed by atoms with E-state index < -0.39 is 22.7 Å². The minimum atomic E-state index is -0.937. The Morgan fingerprint density at radius 1 is 1.40 bits per heavy atom. The van der Waals surface area contributed by atoms with E-state index in [2.05, 4.69) is 0 Å². The maximum atomic E-state index is 12.3. The van der Waals surface area contributed by atoms with Gasteiger partial charge in [-0.15, -0.1) is 11.8 Å². The van der Waals surface area contributed by atoms with Gasteiger partial charge in [-0.3, -0.25) is 24.5 Å². The Labute approximate surface area is 147 Å². The quantitative estimate of drug-likeness (QED) is 0.433. The summed E-state index contributed by atoms with van der Waals surface area (Å²) in [5.41, 5.74) is 4.83. The van der Waals surface area contributed by atoms with E-state index in [1.807, 2.05) is 0 Å². The van der Waals surface area contributed by atoms with E-state index in [-0.39, 0.29) is 40.3 Å². The number of nitro groups is 1. The van der Waals surface area contributed by atoms with Crippen molar-refractivity contribution in [2.75, 3.05) is 18.8 Å². The zero-order chi connectivity index (χ0) is 18.7. The van der Waals surface area contributed by atoms with Gasteiger partial charge in [-0.05, 0) is 18.1 Å². The molecule has 3 N–H and O–H groups in total. The summed E-state index contributed by atoms with van der Waals surface area (Å²) in [5, 5.41) is 20.2. The molecule has 1 aromatic rings. The summed E-state index contributed by atoms with van der Waals surface area (Å²) >= 11 is 0.969. The summed E-state index contributed by atoms with van der Waals surface area (Å²) < 4.78 is 0. The number of amides is 2. The van der Waals surface area contributed by atoms with Crippen LogP contribution >= 0.6 is 11.8 Å². The van der Waals surface area contributed by atoms with Gasteiger partial charge in [0.15, 0.2) is 0 Å². The van der Waals surface area contributed by atoms with E-state index in [4.69, 9.17) is 10.8 Å². The number of nitrogens with zero attached hydrogens (tertiary/aromatic N) is 2. The van der Waals surface area contributed by atoms with Crippen LogP contribution in [0.2, 0.25) is 0 Å². The van der Waals surface area contributed by atoms with E-state index in [1.54, 1.807) is 6.92 Å². The Morgan fingerprint density at radius 2 is 2.08 bits per heavy atom. The predicted octanol–water partition coefficient (Wildman–Crippen LogP) is 0.965. The minimum Gasteiger partial charge on any atom is -0.481 e. The Kier molecular flexibility index (Phi) is 5.62. The molecule has 0 aliphatic carbocycles. The lowest BCUT2D eigenvalue weighted by Gasteiger charge is -2.15. The van der Waals surface area contributed by atoms with Crippen LogP contribution in [0.4, 0.5) is 5.69 Å². The number of thioether (sulfide) groups is 1. The lowest BCUT2D eigenvalue weighted by molar-refractivity contribution is -0.387. The normalized spacial score (nSPS) is 19.6. The van der Waals surface area contributed by atoms with Gasteiger partial charge in [-0.1, -0.05) is 6.92 Å². The van der Waals surface area contributed by atoms with Crippen LogP contribution in [0.15, 0.2) is 23.1 Å². The first-order valence-electron chi connectivity index (χ1n) is 7.42. The molecule has 1 heterocycles. The zero-order valence-corrected chi connectivity index (χ0v) is 14.2. The Hall–Kier alpha value is -2.62. The van der Waals surface area contributed by atoms with Gasteiger partial charge < -0.3 is 15.7 Å². The minimum absolute atomic E-state index is 0.0139. The molecule has 1 fully saturated rings. The van der Waals surface area contributed by atoms with E-state index in [0.29, 0.717) is 6.54 Å². The summed E-state index contributed by atoms with van der Waals surface area (Å²) in [6, 6.07) is 3.82. The van der Waals surface area contributed by atoms with E-state index in [1.165, 1.54) is 17.0 Å². The van der Waals surface area contributed by atoms with Gasteiger partial charge in [0.05, 0.1) is 21.5 Å². The number of carbonyl (C=O) groups excluding carboxylic acids is 2. The summed E-state index contributed by atoms with van der Waals surface area (Å²) in [6.07, 6.45) is 0. The number of rotatable bonds is 6. The van der Waals surface area contributed by atoms with Crippen LogP contribution in [-0.2, 0) is 9.59 Å². The summed E-state index contributed by atoms with van der Waals surface area (Å²) in [4.78, 5) is 46.7. The number of carboxylic acids is 1. The fraction of sp³-hybridized carbons (Fsp3) is 0.400. The Morgan fingerprint density at radius 3 is 2.60 bits per heavy atom. The molecule has 1 aliphatic heterocycles. The largest absolute Gasteiger partial charge is 0.481 e. The molecule has 10 heteroatoms. The van der Waals surface area contributed by atoms with Gasteiger partial charge in [-0.2, -0.15) is 0 Å². The van der Waals surface area contributed by atoms with Crippen molar-refractivity contribution >= 4 is 35.2 Å². The molecule has 0 unspecified atom stereocenters. The Bertz CT molecular complexity index is 738. The van der Waals surface area contributed by atoms with Gasteiger partial charge in [0.2, 0.25) is 11.8 Å². The number of nitrogens with two attached hydrogens (primary N) is 1. The van der Waals surface area contributed by atoms with Gasteiger partial charge in [0, 0.05) is 24.7 Å². The van der Waals surface area contributed by atoms with Crippen LogP contribution in [0.1, 0.15) is 17.3 Å². The van der Waals surface area contributed by atoms with Crippen LogP contribution in [0.3, 0.4) is 0 Å². The molecule has 25 heavy (non-hydrogen) atoms. The number of aliphatic carboxylic acids is 1. The second kappa shape index (κ2) is 7.51. The molecular weight excluding hydrogens is 350 g/mol. The third-order valence-electron chi connectivity index (χ3n) is 4.07. The van der Waals surface area contributed by atoms with Crippen LogP contribution in [0.25, 0.3) is 0 Å². The standard InChI is InChI=1S/C15H17N3O6S/c1-8-5-17(6-10(8)15(21)22)13(19)7-25-12-3-2-9(14(16)20)4-11(12)18(23)24/h2-4,8,10H,5-7H2,1H3,(H2,16,20)(H,21,22)/t8-,10-/m1/s1. The molecule has 0 bridgehead atoms. The van der Waals surface area contributed by atoms with Crippen LogP contribution in [0.5, 0.6) is 0 Å². The second-order valence-corrected chi connectivity index (χ2v) is 6.83. The van der Waals surface area contributed by atoms with Crippen molar-refractivity contribution in [1.29, 1.82) is 0 Å². The number of carboxylic acid groups (broad SMARTS) is 1. The number of nitro benzene ring substituents is 1. The highest BCUT2D eigenvalue weighted by molar-refractivity contribution is 8.00. The SMILES string of the molecule is C[C@@H]1CN(C(=O)CSc2ccc(C(N)=O)cc2[N+](=O)[O-])C[C@H]1C(=O)O. The fourth-order valence-corrected chi connectivity index (χ4v) is 3.57. The lowest BCUT2D eigenvalue weighted by Crippen LogP contribution is -2.31. The van der Waals surface area contributed by atoms with Crippen molar-refractivity contribution in [3.05, 3.63) is 33.9 Å². The van der Waals surface area contributed by atoms with Gasteiger partial charge in [0.1, 0.15) is 0 Å². The average molecular weight is 367 g/mol. The average Bonchev–Trinajstić information content (AvgIpc) is 2.94. The number of hydrogen-bond acceptors (Lipinski definition) is 6. The highest BCUT2D eigenvalue weighted by Gasteiger charge is 2.36. The van der Waals surface area contributed by atoms with Crippen molar-refractivity contribution in [3.63, 3.8) is 0 Å². The molecule has 0 radical (unpaired) electrons. The van der Waals surface area contributed by atoms with Crippen molar-refractivity contribution in [2.45, 2.75) is 11.8 Å². The van der Waals surface area contributed by atoms with Gasteiger partial charge >= 0.3 is 5.97 Å². The highest BCUT2D eigenvalue weighted by atomic mass is 32.2.